The van der Waals surface area contributed by atoms with E-state index in [9.17, 15) is 20.1 Å². The molecular formula is C19H31N3O4. The summed E-state index contributed by atoms with van der Waals surface area (Å²) in [6.07, 6.45) is 6.87. The summed E-state index contributed by atoms with van der Waals surface area (Å²) in [5.74, 6) is 0.137. The molecule has 26 heavy (non-hydrogen) atoms. The van der Waals surface area contributed by atoms with Gasteiger partial charge in [0.1, 0.15) is 6.10 Å². The Bertz CT molecular complexity index is 567. The van der Waals surface area contributed by atoms with Crippen LogP contribution in [-0.2, 0) is 11.2 Å². The van der Waals surface area contributed by atoms with Gasteiger partial charge in [0.2, 0.25) is 5.91 Å². The maximum Gasteiger partial charge on any atom is 0.223 e. The van der Waals surface area contributed by atoms with Crippen molar-refractivity contribution in [3.05, 3.63) is 18.2 Å². The second-order valence-corrected chi connectivity index (χ2v) is 7.90. The summed E-state index contributed by atoms with van der Waals surface area (Å²) in [4.78, 5) is 21.8. The van der Waals surface area contributed by atoms with Crippen molar-refractivity contribution >= 4 is 5.91 Å². The minimum atomic E-state index is -0.939. The molecule has 1 aromatic rings. The third-order valence-electron chi connectivity index (χ3n) is 5.90. The van der Waals surface area contributed by atoms with Crippen LogP contribution >= 0.6 is 0 Å². The molecule has 7 heteroatoms. The highest BCUT2D eigenvalue weighted by molar-refractivity contribution is 5.77. The van der Waals surface area contributed by atoms with E-state index in [4.69, 9.17) is 0 Å². The van der Waals surface area contributed by atoms with Gasteiger partial charge >= 0.3 is 0 Å². The number of rotatable bonds is 8. The van der Waals surface area contributed by atoms with Crippen LogP contribution in [0.25, 0.3) is 0 Å². The number of amides is 1. The zero-order valence-corrected chi connectivity index (χ0v) is 15.4. The van der Waals surface area contributed by atoms with E-state index in [-0.39, 0.29) is 24.0 Å². The fraction of sp³-hybridized carbons (Fsp3) is 0.789. The van der Waals surface area contributed by atoms with Crippen LogP contribution in [-0.4, -0.2) is 66.5 Å². The SMILES string of the molecule is CC(C(O)C(O)C1CC1)N(C(=O)CCc1cnc[nH]1)C1CCC(O)CC1. The van der Waals surface area contributed by atoms with E-state index in [0.29, 0.717) is 25.7 Å². The molecule has 0 saturated heterocycles. The highest BCUT2D eigenvalue weighted by Crippen LogP contribution is 2.36. The lowest BCUT2D eigenvalue weighted by Crippen LogP contribution is -2.55. The van der Waals surface area contributed by atoms with Crippen molar-refractivity contribution in [2.75, 3.05) is 0 Å². The van der Waals surface area contributed by atoms with Gasteiger partial charge in [-0.25, -0.2) is 4.98 Å². The zero-order chi connectivity index (χ0) is 18.7. The third-order valence-corrected chi connectivity index (χ3v) is 5.90. The number of carbonyl (C=O) groups is 1. The van der Waals surface area contributed by atoms with Gasteiger partial charge in [-0.3, -0.25) is 4.79 Å². The molecule has 4 N–H and O–H groups in total. The van der Waals surface area contributed by atoms with Crippen LogP contribution in [0.2, 0.25) is 0 Å². The van der Waals surface area contributed by atoms with E-state index >= 15 is 0 Å². The van der Waals surface area contributed by atoms with Gasteiger partial charge in [0.25, 0.3) is 0 Å². The standard InChI is InChI=1S/C19H31N3O4/c1-12(18(25)19(26)13-2-3-13)22(15-5-7-16(23)8-6-15)17(24)9-4-14-10-20-11-21-14/h10-13,15-16,18-19,23,25-26H,2-9H2,1H3,(H,20,21). The first kappa shape index (κ1) is 19.3. The van der Waals surface area contributed by atoms with Gasteiger partial charge < -0.3 is 25.2 Å². The smallest absolute Gasteiger partial charge is 0.223 e. The molecule has 0 spiro atoms. The average molecular weight is 365 g/mol. The van der Waals surface area contributed by atoms with Gasteiger partial charge in [0.15, 0.2) is 0 Å². The lowest BCUT2D eigenvalue weighted by molar-refractivity contribution is -0.143. The van der Waals surface area contributed by atoms with Crippen molar-refractivity contribution in [2.24, 2.45) is 5.92 Å². The van der Waals surface area contributed by atoms with Crippen molar-refractivity contribution < 1.29 is 20.1 Å². The van der Waals surface area contributed by atoms with Gasteiger partial charge in [-0.1, -0.05) is 0 Å². The third kappa shape index (κ3) is 4.64. The van der Waals surface area contributed by atoms with Crippen LogP contribution in [0.3, 0.4) is 0 Å². The van der Waals surface area contributed by atoms with Gasteiger partial charge in [-0.15, -0.1) is 0 Å². The Kier molecular flexibility index (Phi) is 6.32. The van der Waals surface area contributed by atoms with Crippen molar-refractivity contribution in [3.63, 3.8) is 0 Å². The average Bonchev–Trinajstić information content (AvgIpc) is 3.36. The molecule has 3 rings (SSSR count). The lowest BCUT2D eigenvalue weighted by Gasteiger charge is -2.42. The predicted octanol–water partition coefficient (Wildman–Crippen LogP) is 0.995. The Morgan fingerprint density at radius 1 is 1.27 bits per heavy atom. The molecule has 2 saturated carbocycles. The quantitative estimate of drug-likeness (QED) is 0.549. The molecule has 2 fully saturated rings. The van der Waals surface area contributed by atoms with Gasteiger partial charge in [-0.05, 0) is 57.8 Å². The molecule has 0 aromatic carbocycles. The number of hydrogen-bond donors (Lipinski definition) is 4. The van der Waals surface area contributed by atoms with Crippen LogP contribution < -0.4 is 0 Å². The summed E-state index contributed by atoms with van der Waals surface area (Å²) < 4.78 is 0. The normalized spacial score (nSPS) is 26.9. The van der Waals surface area contributed by atoms with Crippen LogP contribution in [0.4, 0.5) is 0 Å². The van der Waals surface area contributed by atoms with Crippen molar-refractivity contribution in [1.29, 1.82) is 0 Å². The van der Waals surface area contributed by atoms with Crippen LogP contribution in [0.1, 0.15) is 57.6 Å². The van der Waals surface area contributed by atoms with Crippen LogP contribution in [0.5, 0.6) is 0 Å². The summed E-state index contributed by atoms with van der Waals surface area (Å²) in [5, 5.41) is 30.8. The first-order valence-corrected chi connectivity index (χ1v) is 9.80. The molecule has 0 radical (unpaired) electrons. The van der Waals surface area contributed by atoms with E-state index in [2.05, 4.69) is 9.97 Å². The molecule has 2 aliphatic rings. The number of aromatic nitrogens is 2. The number of imidazole rings is 1. The second-order valence-electron chi connectivity index (χ2n) is 7.90. The minimum Gasteiger partial charge on any atom is -0.393 e. The van der Waals surface area contributed by atoms with Crippen LogP contribution in [0, 0.1) is 5.92 Å². The number of aliphatic hydroxyl groups is 3. The van der Waals surface area contributed by atoms with Gasteiger partial charge in [0, 0.05) is 24.4 Å². The molecule has 0 aliphatic heterocycles. The van der Waals surface area contributed by atoms with E-state index in [1.165, 1.54) is 0 Å². The summed E-state index contributed by atoms with van der Waals surface area (Å²) in [6.45, 7) is 1.83. The Labute approximate surface area is 154 Å². The molecule has 1 amide bonds. The Morgan fingerprint density at radius 3 is 2.54 bits per heavy atom. The highest BCUT2D eigenvalue weighted by atomic mass is 16.3. The number of aliphatic hydroxyl groups excluding tert-OH is 3. The molecule has 3 unspecified atom stereocenters. The maximum absolute atomic E-state index is 13.0. The van der Waals surface area contributed by atoms with Crippen molar-refractivity contribution in [2.45, 2.75) is 88.7 Å². The first-order valence-electron chi connectivity index (χ1n) is 9.80. The summed E-state index contributed by atoms with van der Waals surface area (Å²) in [7, 11) is 0. The molecule has 2 aliphatic carbocycles. The fourth-order valence-electron chi connectivity index (χ4n) is 4.06. The molecule has 7 nitrogen and oxygen atoms in total. The Hall–Kier alpha value is -1.44. The predicted molar refractivity (Wildman–Crippen MR) is 96.2 cm³/mol. The Balaban J connectivity index is 1.68. The number of nitrogens with one attached hydrogen (secondary N) is 1. The lowest BCUT2D eigenvalue weighted by atomic mass is 9.89. The molecule has 1 heterocycles. The largest absolute Gasteiger partial charge is 0.393 e. The minimum absolute atomic E-state index is 0.00344. The number of nitrogens with zero attached hydrogens (tertiary/aromatic N) is 2. The van der Waals surface area contributed by atoms with E-state index in [0.717, 1.165) is 31.4 Å². The zero-order valence-electron chi connectivity index (χ0n) is 15.4. The van der Waals surface area contributed by atoms with E-state index < -0.39 is 18.2 Å². The molecule has 1 aromatic heterocycles. The first-order chi connectivity index (χ1) is 12.5. The number of H-pyrrole nitrogens is 1. The summed E-state index contributed by atoms with van der Waals surface area (Å²) in [5.41, 5.74) is 0.906. The summed E-state index contributed by atoms with van der Waals surface area (Å²) >= 11 is 0. The maximum atomic E-state index is 13.0. The molecule has 0 bridgehead atoms. The molecular weight excluding hydrogens is 334 g/mol. The van der Waals surface area contributed by atoms with Gasteiger partial charge in [0.05, 0.1) is 24.6 Å². The highest BCUT2D eigenvalue weighted by Gasteiger charge is 2.41. The molecule has 146 valence electrons. The molecule has 3 atom stereocenters. The number of carbonyl (C=O) groups excluding carboxylic acids is 1. The topological polar surface area (TPSA) is 110 Å². The second kappa shape index (κ2) is 8.50. The summed E-state index contributed by atoms with van der Waals surface area (Å²) in [6, 6.07) is -0.441. The van der Waals surface area contributed by atoms with Crippen molar-refractivity contribution in [1.82, 2.24) is 14.9 Å². The van der Waals surface area contributed by atoms with E-state index in [1.54, 1.807) is 17.4 Å². The Morgan fingerprint density at radius 2 is 1.96 bits per heavy atom. The van der Waals surface area contributed by atoms with Crippen molar-refractivity contribution in [3.8, 4) is 0 Å². The fourth-order valence-corrected chi connectivity index (χ4v) is 4.06. The van der Waals surface area contributed by atoms with E-state index in [1.807, 2.05) is 6.92 Å². The van der Waals surface area contributed by atoms with Gasteiger partial charge in [-0.2, -0.15) is 0 Å². The monoisotopic (exact) mass is 365 g/mol. The number of aromatic amines is 1. The van der Waals surface area contributed by atoms with Crippen LogP contribution in [0.15, 0.2) is 12.5 Å². The number of aryl methyl sites for hydroxylation is 1. The number of hydrogen-bond acceptors (Lipinski definition) is 5.